The Morgan fingerprint density at radius 1 is 0.917 bits per heavy atom. The molecule has 1 aliphatic heterocycles. The van der Waals surface area contributed by atoms with Gasteiger partial charge in [0.05, 0.1) is 10.6 Å². The molecule has 4 nitrogen and oxygen atoms in total. The molecule has 3 heterocycles. The summed E-state index contributed by atoms with van der Waals surface area (Å²) in [5.41, 5.74) is 2.41. The smallest absolute Gasteiger partial charge is 0.177 e. The summed E-state index contributed by atoms with van der Waals surface area (Å²) in [7, 11) is 0. The highest BCUT2D eigenvalue weighted by atomic mass is 32.1. The van der Waals surface area contributed by atoms with E-state index in [0.29, 0.717) is 0 Å². The van der Waals surface area contributed by atoms with Crippen LogP contribution in [0.25, 0.3) is 10.6 Å². The van der Waals surface area contributed by atoms with Crippen molar-refractivity contribution in [3.63, 3.8) is 0 Å². The van der Waals surface area contributed by atoms with E-state index in [9.17, 15) is 0 Å². The van der Waals surface area contributed by atoms with Gasteiger partial charge >= 0.3 is 0 Å². The SMILES string of the molecule is c1ccc(CN2CCN(Cc3cc(-c4cccs4)on3)CC2)cc1. The molecule has 4 rings (SSSR count). The minimum Gasteiger partial charge on any atom is -0.355 e. The first kappa shape index (κ1) is 15.6. The van der Waals surface area contributed by atoms with Crippen LogP contribution in [0.5, 0.6) is 0 Å². The van der Waals surface area contributed by atoms with Crippen molar-refractivity contribution in [2.45, 2.75) is 13.1 Å². The minimum absolute atomic E-state index is 0.869. The molecule has 3 aromatic rings. The van der Waals surface area contributed by atoms with Gasteiger partial charge in [-0.2, -0.15) is 0 Å². The molecule has 0 N–H and O–H groups in total. The summed E-state index contributed by atoms with van der Waals surface area (Å²) in [6, 6.07) is 16.9. The highest BCUT2D eigenvalue weighted by Gasteiger charge is 2.18. The van der Waals surface area contributed by atoms with Gasteiger partial charge in [-0.1, -0.05) is 41.6 Å². The van der Waals surface area contributed by atoms with Gasteiger partial charge in [0.2, 0.25) is 0 Å². The molecule has 124 valence electrons. The first-order valence-corrected chi connectivity index (χ1v) is 9.23. The van der Waals surface area contributed by atoms with E-state index in [0.717, 1.165) is 55.6 Å². The molecule has 0 saturated carbocycles. The second kappa shape index (κ2) is 7.30. The van der Waals surface area contributed by atoms with Gasteiger partial charge in [0, 0.05) is 45.3 Å². The van der Waals surface area contributed by atoms with E-state index in [2.05, 4.69) is 62.8 Å². The van der Waals surface area contributed by atoms with Crippen LogP contribution in [-0.2, 0) is 13.1 Å². The highest BCUT2D eigenvalue weighted by Crippen LogP contribution is 2.25. The molecule has 0 atom stereocenters. The Hall–Kier alpha value is -1.95. The maximum atomic E-state index is 5.47. The zero-order valence-corrected chi connectivity index (χ0v) is 14.4. The monoisotopic (exact) mass is 339 g/mol. The maximum Gasteiger partial charge on any atom is 0.177 e. The molecule has 1 fully saturated rings. The summed E-state index contributed by atoms with van der Waals surface area (Å²) in [6.07, 6.45) is 0. The summed E-state index contributed by atoms with van der Waals surface area (Å²) in [6.45, 7) is 6.27. The largest absolute Gasteiger partial charge is 0.355 e. The van der Waals surface area contributed by atoms with E-state index in [1.54, 1.807) is 11.3 Å². The van der Waals surface area contributed by atoms with Crippen molar-refractivity contribution >= 4 is 11.3 Å². The number of aromatic nitrogens is 1. The summed E-state index contributed by atoms with van der Waals surface area (Å²) in [5.74, 6) is 0.878. The molecule has 0 aliphatic carbocycles. The zero-order chi connectivity index (χ0) is 16.2. The maximum absolute atomic E-state index is 5.47. The molecule has 24 heavy (non-hydrogen) atoms. The van der Waals surface area contributed by atoms with Crippen molar-refractivity contribution in [3.8, 4) is 10.6 Å². The topological polar surface area (TPSA) is 32.5 Å². The number of rotatable bonds is 5. The van der Waals surface area contributed by atoms with E-state index >= 15 is 0 Å². The van der Waals surface area contributed by atoms with Crippen LogP contribution in [0.1, 0.15) is 11.3 Å². The zero-order valence-electron chi connectivity index (χ0n) is 13.6. The van der Waals surface area contributed by atoms with Crippen LogP contribution < -0.4 is 0 Å². The Kier molecular flexibility index (Phi) is 4.74. The van der Waals surface area contributed by atoms with E-state index in [4.69, 9.17) is 4.52 Å². The van der Waals surface area contributed by atoms with Gasteiger partial charge in [0.15, 0.2) is 5.76 Å². The van der Waals surface area contributed by atoms with Gasteiger partial charge in [-0.15, -0.1) is 11.3 Å². The van der Waals surface area contributed by atoms with E-state index in [1.165, 1.54) is 5.56 Å². The standard InChI is InChI=1S/C19H21N3OS/c1-2-5-16(6-3-1)14-21-8-10-22(11-9-21)15-17-13-18(23-20-17)19-7-4-12-24-19/h1-7,12-13H,8-11,14-15H2. The summed E-state index contributed by atoms with van der Waals surface area (Å²) >= 11 is 1.68. The molecule has 0 bridgehead atoms. The predicted molar refractivity (Wildman–Crippen MR) is 96.8 cm³/mol. The molecule has 0 spiro atoms. The van der Waals surface area contributed by atoms with E-state index in [1.807, 2.05) is 6.07 Å². The van der Waals surface area contributed by atoms with Gasteiger partial charge < -0.3 is 4.52 Å². The fourth-order valence-corrected chi connectivity index (χ4v) is 3.77. The first-order valence-electron chi connectivity index (χ1n) is 8.35. The second-order valence-corrected chi connectivity index (χ2v) is 7.15. The molecule has 0 unspecified atom stereocenters. The van der Waals surface area contributed by atoms with E-state index in [-0.39, 0.29) is 0 Å². The van der Waals surface area contributed by atoms with Crippen LogP contribution in [0, 0.1) is 0 Å². The van der Waals surface area contributed by atoms with Gasteiger partial charge in [-0.3, -0.25) is 9.80 Å². The molecular weight excluding hydrogens is 318 g/mol. The molecule has 5 heteroatoms. The third-order valence-electron chi connectivity index (χ3n) is 4.42. The third-order valence-corrected chi connectivity index (χ3v) is 5.31. The quantitative estimate of drug-likeness (QED) is 0.709. The first-order chi connectivity index (χ1) is 11.9. The lowest BCUT2D eigenvalue weighted by atomic mass is 10.2. The Morgan fingerprint density at radius 3 is 2.38 bits per heavy atom. The van der Waals surface area contributed by atoms with Crippen molar-refractivity contribution in [2.75, 3.05) is 26.2 Å². The van der Waals surface area contributed by atoms with Crippen LogP contribution in [0.3, 0.4) is 0 Å². The summed E-state index contributed by atoms with van der Waals surface area (Å²) in [5, 5.41) is 6.29. The summed E-state index contributed by atoms with van der Waals surface area (Å²) in [4.78, 5) is 6.12. The number of hydrogen-bond donors (Lipinski definition) is 0. The number of nitrogens with zero attached hydrogens (tertiary/aromatic N) is 3. The lowest BCUT2D eigenvalue weighted by molar-refractivity contribution is 0.120. The van der Waals surface area contributed by atoms with Crippen molar-refractivity contribution < 1.29 is 4.52 Å². The van der Waals surface area contributed by atoms with Crippen LogP contribution in [0.15, 0.2) is 58.4 Å². The fourth-order valence-electron chi connectivity index (χ4n) is 3.10. The second-order valence-electron chi connectivity index (χ2n) is 6.20. The normalized spacial score (nSPS) is 16.5. The van der Waals surface area contributed by atoms with Crippen molar-refractivity contribution in [3.05, 3.63) is 65.2 Å². The Balaban J connectivity index is 1.29. The van der Waals surface area contributed by atoms with E-state index < -0.39 is 0 Å². The molecule has 1 aromatic carbocycles. The highest BCUT2D eigenvalue weighted by molar-refractivity contribution is 7.13. The lowest BCUT2D eigenvalue weighted by Gasteiger charge is -2.34. The van der Waals surface area contributed by atoms with Crippen LogP contribution in [0.2, 0.25) is 0 Å². The fraction of sp³-hybridized carbons (Fsp3) is 0.316. The summed E-state index contributed by atoms with van der Waals surface area (Å²) < 4.78 is 5.47. The van der Waals surface area contributed by atoms with Crippen molar-refractivity contribution in [2.24, 2.45) is 0 Å². The predicted octanol–water partition coefficient (Wildman–Crippen LogP) is 3.72. The number of piperazine rings is 1. The minimum atomic E-state index is 0.869. The lowest BCUT2D eigenvalue weighted by Crippen LogP contribution is -2.45. The average molecular weight is 339 g/mol. The Bertz CT molecular complexity index is 746. The molecule has 1 saturated heterocycles. The number of thiophene rings is 1. The molecule has 1 aliphatic rings. The Morgan fingerprint density at radius 2 is 1.67 bits per heavy atom. The van der Waals surface area contributed by atoms with Crippen molar-refractivity contribution in [1.29, 1.82) is 0 Å². The van der Waals surface area contributed by atoms with Gasteiger partial charge in [-0.05, 0) is 17.0 Å². The van der Waals surface area contributed by atoms with Crippen LogP contribution in [0.4, 0.5) is 0 Å². The Labute approximate surface area is 146 Å². The van der Waals surface area contributed by atoms with Crippen molar-refractivity contribution in [1.82, 2.24) is 15.0 Å². The third kappa shape index (κ3) is 3.75. The van der Waals surface area contributed by atoms with Gasteiger partial charge in [0.1, 0.15) is 0 Å². The van der Waals surface area contributed by atoms with Gasteiger partial charge in [0.25, 0.3) is 0 Å². The average Bonchev–Trinajstić information content (AvgIpc) is 3.29. The molecular formula is C19H21N3OS. The molecule has 0 amide bonds. The number of benzene rings is 1. The molecule has 0 radical (unpaired) electrons. The number of hydrogen-bond acceptors (Lipinski definition) is 5. The van der Waals surface area contributed by atoms with Crippen LogP contribution in [-0.4, -0.2) is 41.1 Å². The van der Waals surface area contributed by atoms with Gasteiger partial charge in [-0.25, -0.2) is 0 Å². The molecule has 2 aromatic heterocycles. The van der Waals surface area contributed by atoms with Crippen LogP contribution >= 0.6 is 11.3 Å².